The smallest absolute Gasteiger partial charge is 0.339 e. The zero-order chi connectivity index (χ0) is 19.4. The normalized spacial score (nSPS) is 10.9. The predicted molar refractivity (Wildman–Crippen MR) is 106 cm³/mol. The Morgan fingerprint density at radius 1 is 1.19 bits per heavy atom. The first kappa shape index (κ1) is 18.6. The number of nitrogens with zero attached hydrogens (tertiary/aromatic N) is 2. The molecular weight excluding hydrogens is 362 g/mol. The monoisotopic (exact) mass is 381 g/mol. The summed E-state index contributed by atoms with van der Waals surface area (Å²) in [5.41, 5.74) is 6.43. The molecule has 0 saturated carbocycles. The van der Waals surface area contributed by atoms with Crippen LogP contribution in [0.4, 0.5) is 0 Å². The highest BCUT2D eigenvalue weighted by atomic mass is 32.1. The molecule has 7 heteroatoms. The van der Waals surface area contributed by atoms with Gasteiger partial charge < -0.3 is 9.30 Å². The lowest BCUT2D eigenvalue weighted by molar-refractivity contribution is 0.0600. The number of aryl methyl sites for hydroxylation is 1. The van der Waals surface area contributed by atoms with Gasteiger partial charge in [0.05, 0.1) is 29.5 Å². The zero-order valence-electron chi connectivity index (χ0n) is 15.2. The van der Waals surface area contributed by atoms with Crippen LogP contribution >= 0.6 is 11.3 Å². The van der Waals surface area contributed by atoms with E-state index in [1.54, 1.807) is 24.4 Å². The van der Waals surface area contributed by atoms with Crippen molar-refractivity contribution in [2.24, 2.45) is 5.10 Å². The van der Waals surface area contributed by atoms with Gasteiger partial charge in [-0.25, -0.2) is 10.2 Å². The first-order chi connectivity index (χ1) is 13.0. The van der Waals surface area contributed by atoms with Crippen LogP contribution in [-0.4, -0.2) is 29.8 Å². The van der Waals surface area contributed by atoms with Gasteiger partial charge in [0.1, 0.15) is 0 Å². The van der Waals surface area contributed by atoms with Crippen molar-refractivity contribution >= 4 is 29.4 Å². The molecule has 1 N–H and O–H groups in total. The number of aromatic nitrogens is 1. The number of esters is 1. The molecular formula is C20H19N3O3S. The van der Waals surface area contributed by atoms with E-state index in [1.165, 1.54) is 18.4 Å². The van der Waals surface area contributed by atoms with Gasteiger partial charge in [-0.1, -0.05) is 18.2 Å². The van der Waals surface area contributed by atoms with Gasteiger partial charge in [-0.15, -0.1) is 11.3 Å². The maximum absolute atomic E-state index is 12.1. The average Bonchev–Trinajstić information content (AvgIpc) is 3.30. The van der Waals surface area contributed by atoms with Crippen molar-refractivity contribution in [2.75, 3.05) is 7.11 Å². The Hall–Kier alpha value is -3.19. The number of ether oxygens (including phenoxy) is 1. The lowest BCUT2D eigenvalue weighted by Crippen LogP contribution is -2.16. The Kier molecular flexibility index (Phi) is 5.52. The molecule has 0 unspecified atom stereocenters. The summed E-state index contributed by atoms with van der Waals surface area (Å²) in [6.45, 7) is 3.88. The van der Waals surface area contributed by atoms with E-state index >= 15 is 0 Å². The molecule has 0 spiro atoms. The molecule has 0 saturated heterocycles. The summed E-state index contributed by atoms with van der Waals surface area (Å²) in [6.07, 6.45) is 1.60. The third-order valence-corrected chi connectivity index (χ3v) is 5.00. The third kappa shape index (κ3) is 3.83. The molecule has 2 heterocycles. The number of methoxy groups -OCH3 is 1. The molecule has 0 atom stereocenters. The molecule has 138 valence electrons. The molecule has 2 aromatic heterocycles. The fourth-order valence-electron chi connectivity index (χ4n) is 2.86. The van der Waals surface area contributed by atoms with Crippen molar-refractivity contribution in [3.05, 3.63) is 75.2 Å². The molecule has 6 nitrogen and oxygen atoms in total. The van der Waals surface area contributed by atoms with Crippen LogP contribution in [0.15, 0.2) is 52.9 Å². The predicted octanol–water partition coefficient (Wildman–Crippen LogP) is 3.71. The first-order valence-corrected chi connectivity index (χ1v) is 9.14. The Balaban J connectivity index is 1.89. The Labute approximate surface area is 161 Å². The van der Waals surface area contributed by atoms with E-state index in [2.05, 4.69) is 10.5 Å². The van der Waals surface area contributed by atoms with Crippen LogP contribution in [0.25, 0.3) is 5.69 Å². The number of thiophene rings is 1. The quantitative estimate of drug-likeness (QED) is 0.416. The third-order valence-electron chi connectivity index (χ3n) is 4.14. The van der Waals surface area contributed by atoms with Crippen LogP contribution < -0.4 is 5.43 Å². The molecule has 1 amide bonds. The molecule has 0 bridgehead atoms. The molecule has 0 fully saturated rings. The molecule has 0 radical (unpaired) electrons. The largest absolute Gasteiger partial charge is 0.465 e. The SMILES string of the molecule is COC(=O)c1ccccc1-n1c(C)cc(/C=N\NC(=O)c2cccs2)c1C. The van der Waals surface area contributed by atoms with Gasteiger partial charge >= 0.3 is 5.97 Å². The highest BCUT2D eigenvalue weighted by Crippen LogP contribution is 2.23. The van der Waals surface area contributed by atoms with E-state index in [0.717, 1.165) is 22.6 Å². The lowest BCUT2D eigenvalue weighted by atomic mass is 10.1. The van der Waals surface area contributed by atoms with Crippen molar-refractivity contribution in [1.82, 2.24) is 9.99 Å². The second kappa shape index (κ2) is 8.01. The van der Waals surface area contributed by atoms with Gasteiger partial charge in [0.15, 0.2) is 0 Å². The number of hydrogen-bond donors (Lipinski definition) is 1. The number of para-hydroxylation sites is 1. The molecule has 0 aliphatic rings. The number of amides is 1. The van der Waals surface area contributed by atoms with Gasteiger partial charge in [-0.3, -0.25) is 4.79 Å². The van der Waals surface area contributed by atoms with Gasteiger partial charge in [0.2, 0.25) is 0 Å². The van der Waals surface area contributed by atoms with E-state index in [4.69, 9.17) is 4.74 Å². The molecule has 3 rings (SSSR count). The first-order valence-electron chi connectivity index (χ1n) is 8.26. The molecule has 0 aliphatic carbocycles. The highest BCUT2D eigenvalue weighted by Gasteiger charge is 2.17. The summed E-state index contributed by atoms with van der Waals surface area (Å²) in [6, 6.07) is 12.8. The van der Waals surface area contributed by atoms with Crippen LogP contribution in [0, 0.1) is 13.8 Å². The summed E-state index contributed by atoms with van der Waals surface area (Å²) < 4.78 is 6.85. The Morgan fingerprint density at radius 3 is 2.67 bits per heavy atom. The van der Waals surface area contributed by atoms with E-state index in [0.29, 0.717) is 10.4 Å². The van der Waals surface area contributed by atoms with Gasteiger partial charge in [-0.2, -0.15) is 5.10 Å². The van der Waals surface area contributed by atoms with Crippen molar-refractivity contribution in [3.63, 3.8) is 0 Å². The number of carbonyl (C=O) groups is 2. The summed E-state index contributed by atoms with van der Waals surface area (Å²) in [5.74, 6) is -0.636. The minimum atomic E-state index is -0.392. The van der Waals surface area contributed by atoms with Crippen LogP contribution in [0.2, 0.25) is 0 Å². The lowest BCUT2D eigenvalue weighted by Gasteiger charge is -2.13. The van der Waals surface area contributed by atoms with Gasteiger partial charge in [0, 0.05) is 17.0 Å². The minimum absolute atomic E-state index is 0.244. The van der Waals surface area contributed by atoms with E-state index in [-0.39, 0.29) is 5.91 Å². The maximum atomic E-state index is 12.1. The Morgan fingerprint density at radius 2 is 1.96 bits per heavy atom. The minimum Gasteiger partial charge on any atom is -0.465 e. The fraction of sp³-hybridized carbons (Fsp3) is 0.150. The number of hydrazone groups is 1. The van der Waals surface area contributed by atoms with Crippen LogP contribution in [0.5, 0.6) is 0 Å². The number of rotatable bonds is 5. The topological polar surface area (TPSA) is 72.7 Å². The summed E-state index contributed by atoms with van der Waals surface area (Å²) >= 11 is 1.36. The number of nitrogens with one attached hydrogen (secondary N) is 1. The van der Waals surface area contributed by atoms with Crippen molar-refractivity contribution in [1.29, 1.82) is 0 Å². The van der Waals surface area contributed by atoms with E-state index in [1.807, 2.05) is 48.1 Å². The number of benzene rings is 1. The fourth-order valence-corrected chi connectivity index (χ4v) is 3.48. The summed E-state index contributed by atoms with van der Waals surface area (Å²) in [7, 11) is 1.36. The molecule has 27 heavy (non-hydrogen) atoms. The maximum Gasteiger partial charge on any atom is 0.339 e. The van der Waals surface area contributed by atoms with Crippen molar-refractivity contribution in [2.45, 2.75) is 13.8 Å². The zero-order valence-corrected chi connectivity index (χ0v) is 16.0. The van der Waals surface area contributed by atoms with E-state index in [9.17, 15) is 9.59 Å². The van der Waals surface area contributed by atoms with Crippen LogP contribution in [-0.2, 0) is 4.74 Å². The van der Waals surface area contributed by atoms with Crippen LogP contribution in [0.1, 0.15) is 37.0 Å². The van der Waals surface area contributed by atoms with E-state index < -0.39 is 5.97 Å². The Bertz CT molecular complexity index is 1000. The van der Waals surface area contributed by atoms with Gasteiger partial charge in [-0.05, 0) is 43.5 Å². The highest BCUT2D eigenvalue weighted by molar-refractivity contribution is 7.12. The summed E-state index contributed by atoms with van der Waals surface area (Å²) in [5, 5.41) is 5.90. The number of carbonyl (C=O) groups excluding carboxylic acids is 2. The van der Waals surface area contributed by atoms with Crippen molar-refractivity contribution in [3.8, 4) is 5.69 Å². The molecule has 1 aromatic carbocycles. The van der Waals surface area contributed by atoms with Crippen LogP contribution in [0.3, 0.4) is 0 Å². The van der Waals surface area contributed by atoms with Gasteiger partial charge in [0.25, 0.3) is 5.91 Å². The summed E-state index contributed by atoms with van der Waals surface area (Å²) in [4.78, 5) is 24.6. The standard InChI is InChI=1S/C20H19N3O3S/c1-13-11-15(12-21-22-19(24)18-9-6-10-27-18)14(2)23(13)17-8-5-4-7-16(17)20(25)26-3/h4-12H,1-3H3,(H,22,24)/b21-12-. The molecule has 0 aliphatic heterocycles. The van der Waals surface area contributed by atoms with Crippen molar-refractivity contribution < 1.29 is 14.3 Å². The number of hydrogen-bond acceptors (Lipinski definition) is 5. The second-order valence-corrected chi connectivity index (χ2v) is 6.79. The second-order valence-electron chi connectivity index (χ2n) is 5.85. The molecule has 3 aromatic rings. The average molecular weight is 381 g/mol.